The second-order valence-electron chi connectivity index (χ2n) is 8.43. The van der Waals surface area contributed by atoms with Crippen LogP contribution in [0.15, 0.2) is 67.3 Å². The van der Waals surface area contributed by atoms with E-state index in [0.29, 0.717) is 11.3 Å². The molecule has 2 fully saturated rings. The molecule has 2 aromatic carbocycles. The summed E-state index contributed by atoms with van der Waals surface area (Å²) in [5.74, 6) is -1.40. The first-order valence-corrected chi connectivity index (χ1v) is 10.7. The van der Waals surface area contributed by atoms with Crippen LogP contribution in [0.3, 0.4) is 0 Å². The van der Waals surface area contributed by atoms with Crippen molar-refractivity contribution in [3.8, 4) is 5.75 Å². The van der Waals surface area contributed by atoms with Crippen LogP contribution in [-0.4, -0.2) is 48.2 Å². The summed E-state index contributed by atoms with van der Waals surface area (Å²) in [5.41, 5.74) is 3.43. The van der Waals surface area contributed by atoms with Crippen molar-refractivity contribution in [1.29, 1.82) is 0 Å². The first-order valence-electron chi connectivity index (χ1n) is 10.7. The van der Waals surface area contributed by atoms with Crippen LogP contribution in [0.1, 0.15) is 22.8 Å². The van der Waals surface area contributed by atoms with E-state index in [1.165, 1.54) is 4.90 Å². The lowest BCUT2D eigenvalue weighted by atomic mass is 9.85. The van der Waals surface area contributed by atoms with Gasteiger partial charge < -0.3 is 9.64 Å². The van der Waals surface area contributed by atoms with E-state index < -0.39 is 17.9 Å². The Balaban J connectivity index is 1.66. The van der Waals surface area contributed by atoms with Crippen LogP contribution in [-0.2, 0) is 9.59 Å². The Morgan fingerprint density at radius 2 is 1.75 bits per heavy atom. The molecule has 0 radical (unpaired) electrons. The van der Waals surface area contributed by atoms with Gasteiger partial charge in [0.05, 0.1) is 25.0 Å². The first-order chi connectivity index (χ1) is 15.5. The van der Waals surface area contributed by atoms with Gasteiger partial charge in [0.15, 0.2) is 5.78 Å². The minimum absolute atomic E-state index is 0.153. The third-order valence-corrected chi connectivity index (χ3v) is 6.80. The van der Waals surface area contributed by atoms with Gasteiger partial charge in [-0.3, -0.25) is 19.3 Å². The Hall–Kier alpha value is -3.67. The molecule has 2 aromatic rings. The van der Waals surface area contributed by atoms with Crippen LogP contribution in [0.5, 0.6) is 5.75 Å². The highest BCUT2D eigenvalue weighted by atomic mass is 16.5. The number of ether oxygens (including phenoxy) is 1. The van der Waals surface area contributed by atoms with Crippen LogP contribution >= 0.6 is 0 Å². The number of Topliss-reactive ketones (excluding diaryl/α,β-unsaturated/α-hetero) is 1. The summed E-state index contributed by atoms with van der Waals surface area (Å²) in [4.78, 5) is 43.8. The number of imide groups is 1. The summed E-state index contributed by atoms with van der Waals surface area (Å²) in [5, 5.41) is 0. The standard InChI is InChI=1S/C26H24N2O4/c1-4-13-27-25(30)21-20-14-15(2)18-7-5-6-8-19(18)28(20)23(22(21)26(27)31)24(29)16-9-11-17(32-3)12-10-16/h4-12,14,20-23H,1,13H2,2-3H3/t20-,21+,22+,23-/m1/s1. The zero-order valence-corrected chi connectivity index (χ0v) is 18.0. The van der Waals surface area contributed by atoms with Crippen molar-refractivity contribution in [2.24, 2.45) is 11.8 Å². The molecule has 0 aliphatic carbocycles. The van der Waals surface area contributed by atoms with Gasteiger partial charge in [-0.1, -0.05) is 30.4 Å². The normalized spacial score (nSPS) is 25.8. The second kappa shape index (κ2) is 7.48. The molecule has 5 rings (SSSR count). The number of methoxy groups -OCH3 is 1. The second-order valence-corrected chi connectivity index (χ2v) is 8.43. The average Bonchev–Trinajstić information content (AvgIpc) is 3.27. The van der Waals surface area contributed by atoms with E-state index in [9.17, 15) is 14.4 Å². The maximum atomic E-state index is 13.8. The van der Waals surface area contributed by atoms with E-state index in [1.54, 1.807) is 37.5 Å². The Morgan fingerprint density at radius 3 is 2.44 bits per heavy atom. The van der Waals surface area contributed by atoms with Crippen molar-refractivity contribution in [2.75, 3.05) is 18.6 Å². The number of anilines is 1. The lowest BCUT2D eigenvalue weighted by Gasteiger charge is -2.38. The number of para-hydroxylation sites is 1. The zero-order valence-electron chi connectivity index (χ0n) is 18.0. The van der Waals surface area contributed by atoms with E-state index in [4.69, 9.17) is 4.74 Å². The van der Waals surface area contributed by atoms with E-state index in [1.807, 2.05) is 42.2 Å². The molecule has 0 spiro atoms. The molecule has 0 bridgehead atoms. The van der Waals surface area contributed by atoms with Gasteiger partial charge in [-0.05, 0) is 42.8 Å². The van der Waals surface area contributed by atoms with Gasteiger partial charge in [0, 0.05) is 23.4 Å². The van der Waals surface area contributed by atoms with E-state index in [0.717, 1.165) is 16.8 Å². The third-order valence-electron chi connectivity index (χ3n) is 6.80. The molecule has 162 valence electrons. The first kappa shape index (κ1) is 20.2. The van der Waals surface area contributed by atoms with Crippen LogP contribution in [0.2, 0.25) is 0 Å². The summed E-state index contributed by atoms with van der Waals surface area (Å²) < 4.78 is 5.22. The van der Waals surface area contributed by atoms with Crippen molar-refractivity contribution >= 4 is 28.9 Å². The van der Waals surface area contributed by atoms with Crippen molar-refractivity contribution in [2.45, 2.75) is 19.0 Å². The number of nitrogens with zero attached hydrogens (tertiary/aromatic N) is 2. The van der Waals surface area contributed by atoms with Gasteiger partial charge in [-0.25, -0.2) is 0 Å². The van der Waals surface area contributed by atoms with Crippen LogP contribution < -0.4 is 9.64 Å². The fourth-order valence-electron chi connectivity index (χ4n) is 5.39. The van der Waals surface area contributed by atoms with Gasteiger partial charge in [-0.15, -0.1) is 6.58 Å². The summed E-state index contributed by atoms with van der Waals surface area (Å²) in [6, 6.07) is 13.6. The largest absolute Gasteiger partial charge is 0.497 e. The number of ketones is 1. The highest BCUT2D eigenvalue weighted by Gasteiger charge is 2.64. The van der Waals surface area contributed by atoms with Crippen LogP contribution in [0.25, 0.3) is 5.57 Å². The van der Waals surface area contributed by atoms with Crippen molar-refractivity contribution in [3.05, 3.63) is 78.4 Å². The highest BCUT2D eigenvalue weighted by Crippen LogP contribution is 2.50. The lowest BCUT2D eigenvalue weighted by molar-refractivity contribution is -0.139. The van der Waals surface area contributed by atoms with Crippen LogP contribution in [0.4, 0.5) is 5.69 Å². The highest BCUT2D eigenvalue weighted by molar-refractivity contribution is 6.14. The molecular weight excluding hydrogens is 404 g/mol. The fraction of sp³-hybridized carbons (Fsp3) is 0.269. The monoisotopic (exact) mass is 428 g/mol. The Labute approximate surface area is 186 Å². The molecule has 3 aliphatic heterocycles. The van der Waals surface area contributed by atoms with Gasteiger partial charge >= 0.3 is 0 Å². The SMILES string of the molecule is C=CCN1C(=O)[C@@H]2[C@H](C1=O)[C@H](C(=O)c1ccc(OC)cc1)N1c3ccccc3C(C)=C[C@H]21. The maximum absolute atomic E-state index is 13.8. The Morgan fingerprint density at radius 1 is 1.06 bits per heavy atom. The van der Waals surface area contributed by atoms with Gasteiger partial charge in [0.1, 0.15) is 11.8 Å². The minimum Gasteiger partial charge on any atom is -0.497 e. The Bertz CT molecular complexity index is 1170. The van der Waals surface area contributed by atoms with Gasteiger partial charge in [0.25, 0.3) is 0 Å². The summed E-state index contributed by atoms with van der Waals surface area (Å²) >= 11 is 0. The maximum Gasteiger partial charge on any atom is 0.236 e. The average molecular weight is 428 g/mol. The molecule has 0 saturated carbocycles. The molecular formula is C26H24N2O4. The van der Waals surface area contributed by atoms with E-state index in [-0.39, 0.29) is 30.2 Å². The number of carbonyl (C=O) groups excluding carboxylic acids is 3. The smallest absolute Gasteiger partial charge is 0.236 e. The summed E-state index contributed by atoms with van der Waals surface area (Å²) in [7, 11) is 1.57. The number of carbonyl (C=O) groups is 3. The number of allylic oxidation sites excluding steroid dienone is 1. The number of benzene rings is 2. The fourth-order valence-corrected chi connectivity index (χ4v) is 5.39. The molecule has 6 nitrogen and oxygen atoms in total. The van der Waals surface area contributed by atoms with Gasteiger partial charge in [0.2, 0.25) is 11.8 Å². The summed E-state index contributed by atoms with van der Waals surface area (Å²) in [6.45, 7) is 5.84. The molecule has 2 amide bonds. The molecule has 0 N–H and O–H groups in total. The number of hydrogen-bond acceptors (Lipinski definition) is 5. The van der Waals surface area contributed by atoms with E-state index in [2.05, 4.69) is 6.58 Å². The number of likely N-dealkylation sites (tertiary alicyclic amines) is 1. The van der Waals surface area contributed by atoms with Crippen molar-refractivity contribution < 1.29 is 19.1 Å². The third kappa shape index (κ3) is 2.75. The minimum atomic E-state index is -0.768. The predicted octanol–water partition coefficient (Wildman–Crippen LogP) is 3.34. The van der Waals surface area contributed by atoms with Crippen LogP contribution in [0, 0.1) is 11.8 Å². The van der Waals surface area contributed by atoms with E-state index >= 15 is 0 Å². The number of hydrogen-bond donors (Lipinski definition) is 0. The molecule has 6 heteroatoms. The zero-order chi connectivity index (χ0) is 22.6. The molecule has 4 atom stereocenters. The number of rotatable bonds is 5. The van der Waals surface area contributed by atoms with Gasteiger partial charge in [-0.2, -0.15) is 0 Å². The molecule has 3 aliphatic rings. The molecule has 0 aromatic heterocycles. The Kier molecular flexibility index (Phi) is 4.73. The topological polar surface area (TPSA) is 66.9 Å². The molecule has 32 heavy (non-hydrogen) atoms. The summed E-state index contributed by atoms with van der Waals surface area (Å²) in [6.07, 6.45) is 3.58. The van der Waals surface area contributed by atoms with Crippen molar-refractivity contribution in [1.82, 2.24) is 4.90 Å². The predicted molar refractivity (Wildman–Crippen MR) is 121 cm³/mol. The quantitative estimate of drug-likeness (QED) is 0.415. The molecule has 3 heterocycles. The lowest BCUT2D eigenvalue weighted by Crippen LogP contribution is -2.49. The number of amides is 2. The van der Waals surface area contributed by atoms with Crippen molar-refractivity contribution in [3.63, 3.8) is 0 Å². The number of fused-ring (bicyclic) bond motifs is 5. The molecule has 2 saturated heterocycles. The molecule has 0 unspecified atom stereocenters.